The lowest BCUT2D eigenvalue weighted by atomic mass is 10.00. The van der Waals surface area contributed by atoms with E-state index in [2.05, 4.69) is 6.07 Å². The average Bonchev–Trinajstić information content (AvgIpc) is 2.81. The summed E-state index contributed by atoms with van der Waals surface area (Å²) < 4.78 is 24.6. The number of allylic oxidation sites excluding steroid dienone is 1. The fourth-order valence-corrected chi connectivity index (χ4v) is 3.38. The molecule has 0 N–H and O–H groups in total. The van der Waals surface area contributed by atoms with E-state index in [9.17, 15) is 9.65 Å². The van der Waals surface area contributed by atoms with Crippen LogP contribution in [0.4, 0.5) is 4.39 Å². The first kappa shape index (κ1) is 20.2. The fraction of sp³-hybridized carbons (Fsp3) is 0.0741. The molecule has 4 aromatic carbocycles. The lowest BCUT2D eigenvalue weighted by Crippen LogP contribution is -1.98. The van der Waals surface area contributed by atoms with Gasteiger partial charge in [-0.3, -0.25) is 0 Å². The standard InChI is InChI=1S/C27H20FNO2/c1-30-27-15-19(9-12-26(27)31-18-20-5-4-8-25(28)14-20)13-24(17-29)23-11-10-21-6-2-3-7-22(21)16-23/h2-16H,18H2,1H3/b24-13-. The Morgan fingerprint density at radius 2 is 1.74 bits per heavy atom. The molecular formula is C27H20FNO2. The third-order valence-electron chi connectivity index (χ3n) is 4.96. The van der Waals surface area contributed by atoms with Crippen molar-refractivity contribution in [1.82, 2.24) is 0 Å². The molecule has 0 fully saturated rings. The summed E-state index contributed by atoms with van der Waals surface area (Å²) in [6, 6.07) is 28.1. The van der Waals surface area contributed by atoms with Gasteiger partial charge in [-0.05, 0) is 63.9 Å². The van der Waals surface area contributed by atoms with Gasteiger partial charge in [-0.1, -0.05) is 54.6 Å². The lowest BCUT2D eigenvalue weighted by molar-refractivity contribution is 0.284. The molecule has 0 aliphatic heterocycles. The molecule has 3 nitrogen and oxygen atoms in total. The molecule has 0 unspecified atom stereocenters. The van der Waals surface area contributed by atoms with E-state index in [1.165, 1.54) is 12.1 Å². The van der Waals surface area contributed by atoms with Crippen LogP contribution in [0.1, 0.15) is 16.7 Å². The lowest BCUT2D eigenvalue weighted by Gasteiger charge is -2.12. The zero-order chi connectivity index (χ0) is 21.6. The summed E-state index contributed by atoms with van der Waals surface area (Å²) >= 11 is 0. The van der Waals surface area contributed by atoms with Crippen molar-refractivity contribution in [2.75, 3.05) is 7.11 Å². The third kappa shape index (κ3) is 4.73. The van der Waals surface area contributed by atoms with Crippen molar-refractivity contribution in [3.8, 4) is 17.6 Å². The van der Waals surface area contributed by atoms with Crippen molar-refractivity contribution in [1.29, 1.82) is 5.26 Å². The maximum absolute atomic E-state index is 13.4. The first-order valence-electron chi connectivity index (χ1n) is 9.82. The molecule has 4 aromatic rings. The van der Waals surface area contributed by atoms with Crippen LogP contribution in [0.3, 0.4) is 0 Å². The number of ether oxygens (including phenoxy) is 2. The Kier molecular flexibility index (Phi) is 5.96. The van der Waals surface area contributed by atoms with Crippen LogP contribution in [0, 0.1) is 17.1 Å². The van der Waals surface area contributed by atoms with Gasteiger partial charge in [0.05, 0.1) is 18.8 Å². The van der Waals surface area contributed by atoms with Crippen LogP contribution in [0.25, 0.3) is 22.4 Å². The maximum atomic E-state index is 13.4. The Morgan fingerprint density at radius 1 is 0.903 bits per heavy atom. The molecule has 0 saturated carbocycles. The Hall–Kier alpha value is -4.10. The number of hydrogen-bond donors (Lipinski definition) is 0. The molecule has 0 saturated heterocycles. The molecule has 0 amide bonds. The van der Waals surface area contributed by atoms with E-state index in [1.54, 1.807) is 25.3 Å². The van der Waals surface area contributed by atoms with Crippen molar-refractivity contribution in [2.24, 2.45) is 0 Å². The summed E-state index contributed by atoms with van der Waals surface area (Å²) in [4.78, 5) is 0. The van der Waals surface area contributed by atoms with E-state index in [-0.39, 0.29) is 12.4 Å². The predicted octanol–water partition coefficient (Wildman–Crippen LogP) is 6.63. The second-order valence-electron chi connectivity index (χ2n) is 7.06. The molecule has 4 heteroatoms. The highest BCUT2D eigenvalue weighted by molar-refractivity contribution is 5.94. The quantitative estimate of drug-likeness (QED) is 0.265. The molecule has 0 radical (unpaired) electrons. The maximum Gasteiger partial charge on any atom is 0.161 e. The minimum atomic E-state index is -0.300. The first-order valence-corrected chi connectivity index (χ1v) is 9.82. The van der Waals surface area contributed by atoms with Crippen LogP contribution in [-0.2, 0) is 6.61 Å². The van der Waals surface area contributed by atoms with E-state index < -0.39 is 0 Å². The molecule has 0 aliphatic carbocycles. The minimum absolute atomic E-state index is 0.226. The molecule has 0 bridgehead atoms. The average molecular weight is 409 g/mol. The van der Waals surface area contributed by atoms with Gasteiger partial charge in [0.2, 0.25) is 0 Å². The minimum Gasteiger partial charge on any atom is -0.493 e. The van der Waals surface area contributed by atoms with Gasteiger partial charge in [-0.2, -0.15) is 5.26 Å². The number of nitrogens with zero attached hydrogens (tertiary/aromatic N) is 1. The zero-order valence-electron chi connectivity index (χ0n) is 17.0. The summed E-state index contributed by atoms with van der Waals surface area (Å²) in [7, 11) is 1.56. The van der Waals surface area contributed by atoms with Gasteiger partial charge in [0.1, 0.15) is 12.4 Å². The number of nitriles is 1. The Bertz CT molecular complexity index is 1300. The molecule has 31 heavy (non-hydrogen) atoms. The highest BCUT2D eigenvalue weighted by Gasteiger charge is 2.08. The molecule has 152 valence electrons. The van der Waals surface area contributed by atoms with Crippen molar-refractivity contribution in [3.63, 3.8) is 0 Å². The van der Waals surface area contributed by atoms with Gasteiger partial charge < -0.3 is 9.47 Å². The van der Waals surface area contributed by atoms with Crippen molar-refractivity contribution >= 4 is 22.4 Å². The Balaban J connectivity index is 1.59. The summed E-state index contributed by atoms with van der Waals surface area (Å²) in [6.07, 6.45) is 1.82. The van der Waals surface area contributed by atoms with E-state index >= 15 is 0 Å². The van der Waals surface area contributed by atoms with E-state index in [1.807, 2.05) is 60.7 Å². The number of rotatable bonds is 6. The SMILES string of the molecule is COc1cc(/C=C(/C#N)c2ccc3ccccc3c2)ccc1OCc1cccc(F)c1. The van der Waals surface area contributed by atoms with Crippen LogP contribution >= 0.6 is 0 Å². The first-order chi connectivity index (χ1) is 15.2. The molecule has 0 spiro atoms. The molecule has 0 atom stereocenters. The third-order valence-corrected chi connectivity index (χ3v) is 4.96. The van der Waals surface area contributed by atoms with Crippen LogP contribution in [0.5, 0.6) is 11.5 Å². The van der Waals surface area contributed by atoms with Crippen LogP contribution in [-0.4, -0.2) is 7.11 Å². The van der Waals surface area contributed by atoms with Gasteiger partial charge in [0.25, 0.3) is 0 Å². The predicted molar refractivity (Wildman–Crippen MR) is 121 cm³/mol. The molecule has 0 aliphatic rings. The zero-order valence-corrected chi connectivity index (χ0v) is 17.0. The highest BCUT2D eigenvalue weighted by Crippen LogP contribution is 2.31. The summed E-state index contributed by atoms with van der Waals surface area (Å²) in [5.74, 6) is 0.792. The Labute approximate surface area is 180 Å². The largest absolute Gasteiger partial charge is 0.493 e. The van der Waals surface area contributed by atoms with Crippen LogP contribution in [0.15, 0.2) is 84.9 Å². The number of fused-ring (bicyclic) bond motifs is 1. The van der Waals surface area contributed by atoms with Gasteiger partial charge in [-0.25, -0.2) is 4.39 Å². The smallest absolute Gasteiger partial charge is 0.161 e. The van der Waals surface area contributed by atoms with Crippen molar-refractivity contribution in [2.45, 2.75) is 6.61 Å². The van der Waals surface area contributed by atoms with Gasteiger partial charge in [0.15, 0.2) is 11.5 Å². The number of benzene rings is 4. The van der Waals surface area contributed by atoms with E-state index in [4.69, 9.17) is 9.47 Å². The van der Waals surface area contributed by atoms with Crippen molar-refractivity contribution in [3.05, 3.63) is 107 Å². The highest BCUT2D eigenvalue weighted by atomic mass is 19.1. The van der Waals surface area contributed by atoms with E-state index in [0.29, 0.717) is 17.1 Å². The Morgan fingerprint density at radius 3 is 2.52 bits per heavy atom. The van der Waals surface area contributed by atoms with Gasteiger partial charge in [0, 0.05) is 0 Å². The van der Waals surface area contributed by atoms with Gasteiger partial charge >= 0.3 is 0 Å². The summed E-state index contributed by atoms with van der Waals surface area (Å²) in [5.41, 5.74) is 2.96. The van der Waals surface area contributed by atoms with Gasteiger partial charge in [-0.15, -0.1) is 0 Å². The molecular weight excluding hydrogens is 389 g/mol. The molecule has 0 heterocycles. The second-order valence-corrected chi connectivity index (χ2v) is 7.06. The summed E-state index contributed by atoms with van der Waals surface area (Å²) in [6.45, 7) is 0.226. The van der Waals surface area contributed by atoms with Crippen molar-refractivity contribution < 1.29 is 13.9 Å². The summed E-state index contributed by atoms with van der Waals surface area (Å²) in [5, 5.41) is 11.9. The number of hydrogen-bond acceptors (Lipinski definition) is 3. The number of methoxy groups -OCH3 is 1. The molecule has 4 rings (SSSR count). The van der Waals surface area contributed by atoms with Crippen LogP contribution < -0.4 is 9.47 Å². The van der Waals surface area contributed by atoms with Crippen LogP contribution in [0.2, 0.25) is 0 Å². The topological polar surface area (TPSA) is 42.2 Å². The fourth-order valence-electron chi connectivity index (χ4n) is 3.38. The number of halogens is 1. The van der Waals surface area contributed by atoms with E-state index in [0.717, 1.165) is 27.5 Å². The monoisotopic (exact) mass is 409 g/mol. The normalized spacial score (nSPS) is 11.2. The second kappa shape index (κ2) is 9.15. The molecule has 0 aromatic heterocycles.